The van der Waals surface area contributed by atoms with Crippen LogP contribution in [0.1, 0.15) is 11.4 Å². The Morgan fingerprint density at radius 2 is 2.11 bits per heavy atom. The molecule has 0 spiro atoms. The molecule has 2 aromatic rings. The Labute approximate surface area is 113 Å². The van der Waals surface area contributed by atoms with Gasteiger partial charge < -0.3 is 4.74 Å². The molecule has 0 N–H and O–H groups in total. The van der Waals surface area contributed by atoms with Crippen LogP contribution in [0.5, 0.6) is 11.6 Å². The molecule has 0 aliphatic rings. The Kier molecular flexibility index (Phi) is 3.39. The van der Waals surface area contributed by atoms with Crippen LogP contribution in [0.15, 0.2) is 12.1 Å². The lowest BCUT2D eigenvalue weighted by Crippen LogP contribution is -1.95. The van der Waals surface area contributed by atoms with E-state index in [1.807, 2.05) is 6.92 Å². The lowest BCUT2D eigenvalue weighted by atomic mass is 10.3. The summed E-state index contributed by atoms with van der Waals surface area (Å²) in [6.45, 7) is 3.61. The minimum Gasteiger partial charge on any atom is -0.435 e. The summed E-state index contributed by atoms with van der Waals surface area (Å²) in [5.74, 6) is 0.588. The molecule has 0 unspecified atom stereocenters. The summed E-state index contributed by atoms with van der Waals surface area (Å²) in [7, 11) is 1.78. The zero-order valence-corrected chi connectivity index (χ0v) is 11.3. The first-order valence-electron chi connectivity index (χ1n) is 5.38. The molecule has 8 heteroatoms. The smallest absolute Gasteiger partial charge is 0.277 e. The fraction of sp³-hybridized carbons (Fsp3) is 0.273. The van der Waals surface area contributed by atoms with Crippen molar-refractivity contribution >= 4 is 17.3 Å². The van der Waals surface area contributed by atoms with Gasteiger partial charge in [-0.15, -0.1) is 0 Å². The van der Waals surface area contributed by atoms with Crippen molar-refractivity contribution in [3.63, 3.8) is 0 Å². The molecular weight excluding hydrogens is 272 g/mol. The highest BCUT2D eigenvalue weighted by molar-refractivity contribution is 6.29. The highest BCUT2D eigenvalue weighted by Crippen LogP contribution is 2.30. The second-order valence-electron chi connectivity index (χ2n) is 3.97. The molecule has 0 bridgehead atoms. The monoisotopic (exact) mass is 282 g/mol. The van der Waals surface area contributed by atoms with E-state index >= 15 is 0 Å². The van der Waals surface area contributed by atoms with Gasteiger partial charge in [0.1, 0.15) is 10.8 Å². The van der Waals surface area contributed by atoms with Gasteiger partial charge in [-0.25, -0.2) is 4.98 Å². The molecule has 0 atom stereocenters. The number of pyridine rings is 1. The second-order valence-corrected chi connectivity index (χ2v) is 4.36. The quantitative estimate of drug-likeness (QED) is 0.491. The fourth-order valence-corrected chi connectivity index (χ4v) is 1.82. The van der Waals surface area contributed by atoms with Gasteiger partial charge in [-0.2, -0.15) is 5.10 Å². The minimum absolute atomic E-state index is 0.00314. The molecule has 0 fully saturated rings. The maximum absolute atomic E-state index is 10.7. The Balaban J connectivity index is 2.41. The molecule has 0 aliphatic heterocycles. The third kappa shape index (κ3) is 2.65. The van der Waals surface area contributed by atoms with Gasteiger partial charge in [0.2, 0.25) is 5.88 Å². The van der Waals surface area contributed by atoms with E-state index in [1.54, 1.807) is 18.7 Å². The van der Waals surface area contributed by atoms with Crippen molar-refractivity contribution in [1.82, 2.24) is 14.8 Å². The number of hydrogen-bond acceptors (Lipinski definition) is 5. The van der Waals surface area contributed by atoms with Crippen LogP contribution in [-0.4, -0.2) is 19.7 Å². The molecule has 2 rings (SSSR count). The maximum Gasteiger partial charge on any atom is 0.277 e. The van der Waals surface area contributed by atoms with Gasteiger partial charge in [0.05, 0.1) is 22.7 Å². The van der Waals surface area contributed by atoms with Crippen molar-refractivity contribution in [3.05, 3.63) is 38.8 Å². The topological polar surface area (TPSA) is 83.1 Å². The number of aryl methyl sites for hydroxylation is 2. The first kappa shape index (κ1) is 13.3. The van der Waals surface area contributed by atoms with Crippen molar-refractivity contribution in [3.8, 4) is 11.6 Å². The molecule has 0 amide bonds. The molecule has 2 heterocycles. The molecule has 7 nitrogen and oxygen atoms in total. The van der Waals surface area contributed by atoms with Crippen LogP contribution in [0, 0.1) is 24.0 Å². The average Bonchev–Trinajstić information content (AvgIpc) is 2.55. The van der Waals surface area contributed by atoms with E-state index in [0.29, 0.717) is 11.4 Å². The second kappa shape index (κ2) is 4.85. The number of ether oxygens (including phenoxy) is 1. The van der Waals surface area contributed by atoms with E-state index in [9.17, 15) is 10.1 Å². The van der Waals surface area contributed by atoms with Crippen LogP contribution >= 0.6 is 11.6 Å². The van der Waals surface area contributed by atoms with E-state index in [2.05, 4.69) is 10.1 Å². The lowest BCUT2D eigenvalue weighted by molar-refractivity contribution is -0.385. The summed E-state index contributed by atoms with van der Waals surface area (Å²) in [4.78, 5) is 14.1. The van der Waals surface area contributed by atoms with Crippen molar-refractivity contribution in [1.29, 1.82) is 0 Å². The molecule has 0 aliphatic carbocycles. The number of rotatable bonds is 3. The largest absolute Gasteiger partial charge is 0.435 e. The predicted octanol–water partition coefficient (Wildman–Crippen LogP) is 2.79. The maximum atomic E-state index is 10.7. The first-order valence-corrected chi connectivity index (χ1v) is 5.76. The van der Waals surface area contributed by atoms with Gasteiger partial charge in [-0.3, -0.25) is 14.8 Å². The van der Waals surface area contributed by atoms with Gasteiger partial charge in [-0.1, -0.05) is 11.6 Å². The van der Waals surface area contributed by atoms with Crippen LogP contribution in [-0.2, 0) is 7.05 Å². The summed E-state index contributed by atoms with van der Waals surface area (Å²) in [6, 6.07) is 2.38. The zero-order chi connectivity index (χ0) is 14.2. The number of nitro groups is 1. The van der Waals surface area contributed by atoms with Gasteiger partial charge in [0.15, 0.2) is 5.75 Å². The number of hydrogen-bond donors (Lipinski definition) is 0. The van der Waals surface area contributed by atoms with E-state index in [-0.39, 0.29) is 16.7 Å². The summed E-state index contributed by atoms with van der Waals surface area (Å²) < 4.78 is 7.21. The molecule has 0 aromatic carbocycles. The standard InChI is InChI=1S/C11H11ClN4O3/c1-6-11(7(2)15(3)14-6)19-10-5-8(16(17)18)4-9(12)13-10/h4-5H,1-3H3. The molecular formula is C11H11ClN4O3. The highest BCUT2D eigenvalue weighted by Gasteiger charge is 2.16. The summed E-state index contributed by atoms with van der Waals surface area (Å²) in [5, 5.41) is 14.9. The third-order valence-corrected chi connectivity index (χ3v) is 2.81. The Morgan fingerprint density at radius 1 is 1.42 bits per heavy atom. The molecule has 0 saturated carbocycles. The van der Waals surface area contributed by atoms with Crippen LogP contribution in [0.3, 0.4) is 0 Å². The van der Waals surface area contributed by atoms with Crippen LogP contribution in [0.2, 0.25) is 5.15 Å². The summed E-state index contributed by atoms with van der Waals surface area (Å²) in [6.07, 6.45) is 0. The van der Waals surface area contributed by atoms with Crippen molar-refractivity contribution < 1.29 is 9.66 Å². The molecule has 2 aromatic heterocycles. The highest BCUT2D eigenvalue weighted by atomic mass is 35.5. The molecule has 0 saturated heterocycles. The van der Waals surface area contributed by atoms with E-state index < -0.39 is 4.92 Å². The van der Waals surface area contributed by atoms with Crippen LogP contribution in [0.4, 0.5) is 5.69 Å². The van der Waals surface area contributed by atoms with Gasteiger partial charge in [0.25, 0.3) is 5.69 Å². The summed E-state index contributed by atoms with van der Waals surface area (Å²) >= 11 is 5.73. The Hall–Kier alpha value is -2.15. The normalized spacial score (nSPS) is 10.5. The van der Waals surface area contributed by atoms with Crippen molar-refractivity contribution in [2.75, 3.05) is 0 Å². The third-order valence-electron chi connectivity index (χ3n) is 2.62. The van der Waals surface area contributed by atoms with Crippen LogP contribution < -0.4 is 4.74 Å². The Bertz CT molecular complexity index is 654. The Morgan fingerprint density at radius 3 is 2.63 bits per heavy atom. The molecule has 100 valence electrons. The van der Waals surface area contributed by atoms with Crippen molar-refractivity contribution in [2.45, 2.75) is 13.8 Å². The zero-order valence-electron chi connectivity index (χ0n) is 10.5. The van der Waals surface area contributed by atoms with Gasteiger partial charge in [-0.05, 0) is 13.8 Å². The van der Waals surface area contributed by atoms with E-state index in [4.69, 9.17) is 16.3 Å². The number of aromatic nitrogens is 3. The van der Waals surface area contributed by atoms with Crippen molar-refractivity contribution in [2.24, 2.45) is 7.05 Å². The average molecular weight is 283 g/mol. The molecule has 19 heavy (non-hydrogen) atoms. The SMILES string of the molecule is Cc1nn(C)c(C)c1Oc1cc([N+](=O)[O-])cc(Cl)n1. The predicted molar refractivity (Wildman–Crippen MR) is 68.7 cm³/mol. The van der Waals surface area contributed by atoms with Gasteiger partial charge >= 0.3 is 0 Å². The van der Waals surface area contributed by atoms with E-state index in [1.165, 1.54) is 6.07 Å². The minimum atomic E-state index is -0.552. The summed E-state index contributed by atoms with van der Waals surface area (Å²) in [5.41, 5.74) is 1.29. The number of nitrogens with zero attached hydrogens (tertiary/aromatic N) is 4. The number of halogens is 1. The fourth-order valence-electron chi connectivity index (χ4n) is 1.62. The van der Waals surface area contributed by atoms with Gasteiger partial charge in [0, 0.05) is 7.05 Å². The molecule has 0 radical (unpaired) electrons. The van der Waals surface area contributed by atoms with E-state index in [0.717, 1.165) is 11.8 Å². The van der Waals surface area contributed by atoms with Crippen LogP contribution in [0.25, 0.3) is 0 Å². The lowest BCUT2D eigenvalue weighted by Gasteiger charge is -2.05. The first-order chi connectivity index (χ1) is 8.88.